The minimum absolute atomic E-state index is 0.0189. The van der Waals surface area contributed by atoms with Crippen molar-refractivity contribution in [1.82, 2.24) is 19.9 Å². The Hall–Kier alpha value is -2.51. The van der Waals surface area contributed by atoms with Crippen molar-refractivity contribution in [1.29, 1.82) is 0 Å². The topological polar surface area (TPSA) is 140 Å². The van der Waals surface area contributed by atoms with Gasteiger partial charge >= 0.3 is 21.9 Å². The fourth-order valence-corrected chi connectivity index (χ4v) is 5.55. The van der Waals surface area contributed by atoms with E-state index in [1.54, 1.807) is 20.0 Å². The molecule has 0 saturated heterocycles. The zero-order valence-corrected chi connectivity index (χ0v) is 17.8. The van der Waals surface area contributed by atoms with Gasteiger partial charge < -0.3 is 9.50 Å². The normalized spacial score (nSPS) is 15.4. The predicted molar refractivity (Wildman–Crippen MR) is 107 cm³/mol. The second kappa shape index (κ2) is 6.78. The third kappa shape index (κ3) is 3.97. The van der Waals surface area contributed by atoms with Crippen LogP contribution in [0.1, 0.15) is 29.7 Å². The molecular weight excluding hydrogens is 440 g/mol. The van der Waals surface area contributed by atoms with Crippen molar-refractivity contribution in [3.63, 3.8) is 0 Å². The standard InChI is InChI=1S/C16H16N4O6S3/c1-8-17-6-9(27-8)7-20-13(21)10-5-11(28-12(10)18-14(20)22)29(24,25)26-15(23)19-16(2)3-4-16/h5-6H,3-4,7H2,1-2H3,(H,18,22)(H,19,23). The lowest BCUT2D eigenvalue weighted by atomic mass is 10.3. The zero-order valence-electron chi connectivity index (χ0n) is 15.3. The summed E-state index contributed by atoms with van der Waals surface area (Å²) < 4.78 is 30.0. The first-order valence-corrected chi connectivity index (χ1v) is 11.6. The van der Waals surface area contributed by atoms with E-state index in [0.29, 0.717) is 16.2 Å². The maximum absolute atomic E-state index is 12.7. The van der Waals surface area contributed by atoms with Gasteiger partial charge in [-0.25, -0.2) is 14.6 Å². The summed E-state index contributed by atoms with van der Waals surface area (Å²) >= 11 is 2.01. The van der Waals surface area contributed by atoms with Crippen LogP contribution in [0.3, 0.4) is 0 Å². The van der Waals surface area contributed by atoms with Crippen molar-refractivity contribution in [3.8, 4) is 0 Å². The van der Waals surface area contributed by atoms with Crippen molar-refractivity contribution in [3.05, 3.63) is 43.0 Å². The smallest absolute Gasteiger partial charge is 0.324 e. The van der Waals surface area contributed by atoms with Crippen molar-refractivity contribution < 1.29 is 17.4 Å². The molecule has 1 aliphatic rings. The van der Waals surface area contributed by atoms with Gasteiger partial charge in [-0.3, -0.25) is 14.3 Å². The molecule has 0 aliphatic heterocycles. The Morgan fingerprint density at radius 1 is 1.38 bits per heavy atom. The summed E-state index contributed by atoms with van der Waals surface area (Å²) in [6.45, 7) is 3.60. The summed E-state index contributed by atoms with van der Waals surface area (Å²) in [6.07, 6.45) is 1.98. The van der Waals surface area contributed by atoms with E-state index in [1.807, 2.05) is 0 Å². The number of rotatable bonds is 5. The van der Waals surface area contributed by atoms with Gasteiger partial charge in [0, 0.05) is 16.6 Å². The molecule has 1 amide bonds. The van der Waals surface area contributed by atoms with Crippen LogP contribution >= 0.6 is 22.7 Å². The highest BCUT2D eigenvalue weighted by Gasteiger charge is 2.40. The average molecular weight is 457 g/mol. The Morgan fingerprint density at radius 3 is 2.72 bits per heavy atom. The van der Waals surface area contributed by atoms with Crippen LogP contribution in [0.2, 0.25) is 0 Å². The number of carbonyl (C=O) groups excluding carboxylic acids is 1. The number of nitrogens with zero attached hydrogens (tertiary/aromatic N) is 2. The fourth-order valence-electron chi connectivity index (χ4n) is 2.64. The van der Waals surface area contributed by atoms with E-state index in [2.05, 4.69) is 19.5 Å². The van der Waals surface area contributed by atoms with Gasteiger partial charge in [-0.2, -0.15) is 8.42 Å². The molecule has 0 spiro atoms. The molecule has 3 aromatic heterocycles. The molecule has 2 N–H and O–H groups in total. The van der Waals surface area contributed by atoms with Gasteiger partial charge in [-0.05, 0) is 32.8 Å². The second-order valence-corrected chi connectivity index (χ2v) is 11.1. The number of nitrogens with one attached hydrogen (secondary N) is 2. The Morgan fingerprint density at radius 2 is 2.10 bits per heavy atom. The Labute approximate surface area is 172 Å². The number of hydrogen-bond donors (Lipinski definition) is 2. The first-order chi connectivity index (χ1) is 13.6. The molecule has 154 valence electrons. The van der Waals surface area contributed by atoms with Crippen LogP contribution in [-0.4, -0.2) is 34.6 Å². The van der Waals surface area contributed by atoms with Crippen molar-refractivity contribution >= 4 is 49.1 Å². The first-order valence-electron chi connectivity index (χ1n) is 8.51. The minimum Gasteiger partial charge on any atom is -0.324 e. The molecule has 13 heteroatoms. The van der Waals surface area contributed by atoms with Crippen LogP contribution in [-0.2, 0) is 20.8 Å². The summed E-state index contributed by atoms with van der Waals surface area (Å²) in [7, 11) is -4.44. The van der Waals surface area contributed by atoms with E-state index >= 15 is 0 Å². The highest BCUT2D eigenvalue weighted by molar-refractivity contribution is 7.89. The maximum Gasteiger partial charge on any atom is 0.423 e. The molecule has 0 bridgehead atoms. The van der Waals surface area contributed by atoms with E-state index in [4.69, 9.17) is 0 Å². The summed E-state index contributed by atoms with van der Waals surface area (Å²) in [4.78, 5) is 44.3. The molecule has 0 aromatic carbocycles. The molecule has 0 atom stereocenters. The molecule has 1 saturated carbocycles. The quantitative estimate of drug-likeness (QED) is 0.555. The molecule has 4 rings (SSSR count). The van der Waals surface area contributed by atoms with Gasteiger partial charge in [0.2, 0.25) is 0 Å². The molecular formula is C16H16N4O6S3. The number of thiophene rings is 1. The predicted octanol–water partition coefficient (Wildman–Crippen LogP) is 1.53. The van der Waals surface area contributed by atoms with Gasteiger partial charge in [0.1, 0.15) is 4.83 Å². The van der Waals surface area contributed by atoms with E-state index in [1.165, 1.54) is 11.3 Å². The van der Waals surface area contributed by atoms with Gasteiger partial charge in [-0.15, -0.1) is 22.7 Å². The number of aromatic amines is 1. The monoisotopic (exact) mass is 456 g/mol. The van der Waals surface area contributed by atoms with E-state index in [0.717, 1.165) is 28.5 Å². The van der Waals surface area contributed by atoms with Crippen LogP contribution in [0.15, 0.2) is 26.1 Å². The summed E-state index contributed by atoms with van der Waals surface area (Å²) in [5.74, 6) is 0. The Bertz CT molecular complexity index is 1340. The lowest BCUT2D eigenvalue weighted by Gasteiger charge is -2.10. The molecule has 1 fully saturated rings. The van der Waals surface area contributed by atoms with Crippen LogP contribution in [0.25, 0.3) is 10.2 Å². The van der Waals surface area contributed by atoms with Gasteiger partial charge in [0.25, 0.3) is 5.56 Å². The van der Waals surface area contributed by atoms with Gasteiger partial charge in [0.05, 0.1) is 16.9 Å². The lowest BCUT2D eigenvalue weighted by molar-refractivity contribution is 0.198. The summed E-state index contributed by atoms with van der Waals surface area (Å²) in [6, 6.07) is 1.11. The van der Waals surface area contributed by atoms with E-state index < -0.39 is 33.0 Å². The van der Waals surface area contributed by atoms with Crippen LogP contribution in [0, 0.1) is 6.92 Å². The number of fused-ring (bicyclic) bond motifs is 1. The molecule has 1 aliphatic carbocycles. The molecule has 3 heterocycles. The van der Waals surface area contributed by atoms with E-state index in [9.17, 15) is 22.8 Å². The Balaban J connectivity index is 1.66. The number of H-pyrrole nitrogens is 1. The number of amides is 1. The first kappa shape index (κ1) is 19.8. The lowest BCUT2D eigenvalue weighted by Crippen LogP contribution is -2.35. The third-order valence-corrected chi connectivity index (χ3v) is 8.06. The van der Waals surface area contributed by atoms with Crippen molar-refractivity contribution in [2.45, 2.75) is 43.0 Å². The fraction of sp³-hybridized carbons (Fsp3) is 0.375. The van der Waals surface area contributed by atoms with Crippen LogP contribution < -0.4 is 16.6 Å². The highest BCUT2D eigenvalue weighted by atomic mass is 32.3. The second-order valence-electron chi connectivity index (χ2n) is 6.99. The molecule has 0 unspecified atom stereocenters. The van der Waals surface area contributed by atoms with Crippen LogP contribution in [0.4, 0.5) is 4.79 Å². The molecule has 0 radical (unpaired) electrons. The molecule has 29 heavy (non-hydrogen) atoms. The van der Waals surface area contributed by atoms with Crippen LogP contribution in [0.5, 0.6) is 0 Å². The SMILES string of the molecule is Cc1ncc(Cn2c(=O)[nH]c3sc(S(=O)(=O)OC(=O)NC4(C)CC4)cc3c2=O)s1. The Kier molecular flexibility index (Phi) is 4.63. The highest BCUT2D eigenvalue weighted by Crippen LogP contribution is 2.34. The molecule has 10 nitrogen and oxygen atoms in total. The van der Waals surface area contributed by atoms with E-state index in [-0.39, 0.29) is 21.0 Å². The zero-order chi connectivity index (χ0) is 21.0. The number of hydrogen-bond acceptors (Lipinski definition) is 9. The van der Waals surface area contributed by atoms with Gasteiger partial charge in [0.15, 0.2) is 4.21 Å². The van der Waals surface area contributed by atoms with Gasteiger partial charge in [-0.1, -0.05) is 0 Å². The number of aromatic nitrogens is 3. The molecule has 3 aromatic rings. The maximum atomic E-state index is 12.7. The summed E-state index contributed by atoms with van der Waals surface area (Å²) in [5.41, 5.74) is -1.75. The average Bonchev–Trinajstić information content (AvgIpc) is 3.02. The number of thiazole rings is 1. The largest absolute Gasteiger partial charge is 0.423 e. The number of aryl methyl sites for hydroxylation is 1. The van der Waals surface area contributed by atoms with Crippen molar-refractivity contribution in [2.24, 2.45) is 0 Å². The van der Waals surface area contributed by atoms with Crippen molar-refractivity contribution in [2.75, 3.05) is 0 Å². The minimum atomic E-state index is -4.44. The number of carbonyl (C=O) groups is 1. The third-order valence-electron chi connectivity index (χ3n) is 4.47. The summed E-state index contributed by atoms with van der Waals surface area (Å²) in [5, 5.41) is 3.30.